The van der Waals surface area contributed by atoms with E-state index in [9.17, 15) is 14.0 Å². The molecule has 1 amide bonds. The van der Waals surface area contributed by atoms with Gasteiger partial charge in [-0.2, -0.15) is 0 Å². The van der Waals surface area contributed by atoms with E-state index < -0.39 is 0 Å². The average molecular weight is 385 g/mol. The van der Waals surface area contributed by atoms with Crippen LogP contribution in [0.2, 0.25) is 0 Å². The normalized spacial score (nSPS) is 13.0. The van der Waals surface area contributed by atoms with Crippen LogP contribution in [0.4, 0.5) is 4.39 Å². The molecule has 0 atom stereocenters. The Bertz CT molecular complexity index is 864. The number of benzene rings is 2. The molecule has 6 heteroatoms. The monoisotopic (exact) mass is 385 g/mol. The molecule has 0 N–H and O–H groups in total. The Balaban J connectivity index is 1.54. The van der Waals surface area contributed by atoms with Crippen LogP contribution < -0.4 is 9.47 Å². The summed E-state index contributed by atoms with van der Waals surface area (Å²) in [4.78, 5) is 26.5. The van der Waals surface area contributed by atoms with Crippen LogP contribution in [0.3, 0.4) is 0 Å². The predicted octanol–water partition coefficient (Wildman–Crippen LogP) is 3.78. The number of methoxy groups -OCH3 is 2. The van der Waals surface area contributed by atoms with Gasteiger partial charge in [-0.1, -0.05) is 0 Å². The fourth-order valence-corrected chi connectivity index (χ4v) is 3.43. The van der Waals surface area contributed by atoms with Gasteiger partial charge in [0.1, 0.15) is 5.82 Å². The van der Waals surface area contributed by atoms with Gasteiger partial charge in [-0.05, 0) is 60.4 Å². The van der Waals surface area contributed by atoms with Gasteiger partial charge < -0.3 is 14.4 Å². The smallest absolute Gasteiger partial charge is 0.222 e. The quantitative estimate of drug-likeness (QED) is 0.681. The topological polar surface area (TPSA) is 55.8 Å². The third-order valence-electron chi connectivity index (χ3n) is 5.03. The number of ether oxygens (including phenoxy) is 2. The highest BCUT2D eigenvalue weighted by Gasteiger charge is 2.22. The Labute approximate surface area is 164 Å². The van der Waals surface area contributed by atoms with Crippen molar-refractivity contribution in [3.05, 3.63) is 58.9 Å². The fraction of sp³-hybridized carbons (Fsp3) is 0.364. The summed E-state index contributed by atoms with van der Waals surface area (Å²) in [5.74, 6) is 0.938. The molecule has 0 radical (unpaired) electrons. The van der Waals surface area contributed by atoms with Gasteiger partial charge in [-0.3, -0.25) is 9.59 Å². The lowest BCUT2D eigenvalue weighted by Crippen LogP contribution is -2.35. The van der Waals surface area contributed by atoms with Gasteiger partial charge in [0.2, 0.25) is 5.91 Å². The molecule has 0 bridgehead atoms. The summed E-state index contributed by atoms with van der Waals surface area (Å²) in [6.45, 7) is 1.17. The van der Waals surface area contributed by atoms with E-state index in [0.29, 0.717) is 43.0 Å². The molecule has 0 spiro atoms. The van der Waals surface area contributed by atoms with Crippen LogP contribution in [-0.4, -0.2) is 37.4 Å². The first-order chi connectivity index (χ1) is 13.5. The van der Waals surface area contributed by atoms with E-state index in [-0.39, 0.29) is 23.9 Å². The SMILES string of the molecule is COc1cc2c(cc1OC)CN(C(=O)CCCC(=O)c1ccc(F)cc1)CC2. The molecule has 1 aliphatic heterocycles. The minimum Gasteiger partial charge on any atom is -0.493 e. The summed E-state index contributed by atoms with van der Waals surface area (Å²) in [5.41, 5.74) is 2.69. The highest BCUT2D eigenvalue weighted by atomic mass is 19.1. The second-order valence-corrected chi connectivity index (χ2v) is 6.82. The Morgan fingerprint density at radius 2 is 1.64 bits per heavy atom. The van der Waals surface area contributed by atoms with Gasteiger partial charge in [0.05, 0.1) is 14.2 Å². The summed E-state index contributed by atoms with van der Waals surface area (Å²) >= 11 is 0. The lowest BCUT2D eigenvalue weighted by atomic mass is 9.98. The number of hydrogen-bond donors (Lipinski definition) is 0. The minimum absolute atomic E-state index is 0.0346. The zero-order valence-electron chi connectivity index (χ0n) is 16.2. The molecule has 2 aromatic rings. The highest BCUT2D eigenvalue weighted by Crippen LogP contribution is 2.33. The van der Waals surface area contributed by atoms with E-state index >= 15 is 0 Å². The number of Topliss-reactive ketones (excluding diaryl/α,β-unsaturated/α-hetero) is 1. The van der Waals surface area contributed by atoms with Crippen molar-refractivity contribution in [2.75, 3.05) is 20.8 Å². The van der Waals surface area contributed by atoms with Crippen molar-refractivity contribution >= 4 is 11.7 Å². The van der Waals surface area contributed by atoms with Crippen molar-refractivity contribution in [2.24, 2.45) is 0 Å². The Morgan fingerprint density at radius 1 is 1.00 bits per heavy atom. The van der Waals surface area contributed by atoms with Crippen molar-refractivity contribution in [3.8, 4) is 11.5 Å². The molecule has 1 heterocycles. The van der Waals surface area contributed by atoms with Crippen LogP contribution in [0.15, 0.2) is 36.4 Å². The molecular weight excluding hydrogens is 361 g/mol. The number of fused-ring (bicyclic) bond motifs is 1. The zero-order valence-corrected chi connectivity index (χ0v) is 16.2. The number of rotatable bonds is 7. The molecule has 0 aliphatic carbocycles. The number of carbonyl (C=O) groups is 2. The van der Waals surface area contributed by atoms with Crippen LogP contribution in [0.1, 0.15) is 40.7 Å². The molecule has 5 nitrogen and oxygen atoms in total. The first kappa shape index (κ1) is 19.9. The van der Waals surface area contributed by atoms with Crippen LogP contribution >= 0.6 is 0 Å². The Hall–Kier alpha value is -2.89. The van der Waals surface area contributed by atoms with Crippen molar-refractivity contribution in [1.29, 1.82) is 0 Å². The predicted molar refractivity (Wildman–Crippen MR) is 103 cm³/mol. The van der Waals surface area contributed by atoms with E-state index in [1.165, 1.54) is 24.3 Å². The van der Waals surface area contributed by atoms with Crippen LogP contribution in [0.25, 0.3) is 0 Å². The van der Waals surface area contributed by atoms with Gasteiger partial charge in [-0.15, -0.1) is 0 Å². The van der Waals surface area contributed by atoms with Crippen LogP contribution in [-0.2, 0) is 17.8 Å². The molecule has 28 heavy (non-hydrogen) atoms. The van der Waals surface area contributed by atoms with Crippen LogP contribution in [0.5, 0.6) is 11.5 Å². The number of nitrogens with zero attached hydrogens (tertiary/aromatic N) is 1. The van der Waals surface area contributed by atoms with E-state index in [4.69, 9.17) is 9.47 Å². The number of halogens is 1. The third kappa shape index (κ3) is 4.50. The second kappa shape index (κ2) is 8.87. The molecule has 0 fully saturated rings. The number of carbonyl (C=O) groups excluding carboxylic acids is 2. The first-order valence-electron chi connectivity index (χ1n) is 9.32. The van der Waals surface area contributed by atoms with E-state index in [2.05, 4.69) is 0 Å². The maximum Gasteiger partial charge on any atom is 0.222 e. The van der Waals surface area contributed by atoms with Gasteiger partial charge in [-0.25, -0.2) is 4.39 Å². The lowest BCUT2D eigenvalue weighted by Gasteiger charge is -2.29. The molecular formula is C22H24FNO4. The maximum absolute atomic E-state index is 12.9. The van der Waals surface area contributed by atoms with E-state index in [1.54, 1.807) is 14.2 Å². The summed E-state index contributed by atoms with van der Waals surface area (Å²) in [6.07, 6.45) is 1.82. The largest absolute Gasteiger partial charge is 0.493 e. The Morgan fingerprint density at radius 3 is 2.29 bits per heavy atom. The number of ketones is 1. The standard InChI is InChI=1S/C22H24FNO4/c1-27-20-12-16-10-11-24(14-17(16)13-21(20)28-2)22(26)5-3-4-19(25)15-6-8-18(23)9-7-15/h6-9,12-13H,3-5,10-11,14H2,1-2H3. The molecule has 1 aliphatic rings. The summed E-state index contributed by atoms with van der Waals surface area (Å²) in [5, 5.41) is 0. The first-order valence-corrected chi connectivity index (χ1v) is 9.32. The molecule has 0 saturated carbocycles. The number of amides is 1. The maximum atomic E-state index is 12.9. The van der Waals surface area contributed by atoms with Gasteiger partial charge in [0.25, 0.3) is 0 Å². The molecule has 0 unspecified atom stereocenters. The summed E-state index contributed by atoms with van der Waals surface area (Å²) < 4.78 is 23.6. The Kier molecular flexibility index (Phi) is 6.29. The zero-order chi connectivity index (χ0) is 20.1. The van der Waals surface area contributed by atoms with Gasteiger partial charge >= 0.3 is 0 Å². The van der Waals surface area contributed by atoms with Crippen molar-refractivity contribution in [3.63, 3.8) is 0 Å². The highest BCUT2D eigenvalue weighted by molar-refractivity contribution is 5.96. The fourth-order valence-electron chi connectivity index (χ4n) is 3.43. The van der Waals surface area contributed by atoms with Gasteiger partial charge in [0, 0.05) is 31.5 Å². The van der Waals surface area contributed by atoms with Gasteiger partial charge in [0.15, 0.2) is 17.3 Å². The molecule has 0 aromatic heterocycles. The molecule has 2 aromatic carbocycles. The minimum atomic E-state index is -0.369. The second-order valence-electron chi connectivity index (χ2n) is 6.82. The third-order valence-corrected chi connectivity index (χ3v) is 5.03. The average Bonchev–Trinajstić information content (AvgIpc) is 2.72. The number of hydrogen-bond acceptors (Lipinski definition) is 4. The van der Waals surface area contributed by atoms with Crippen LogP contribution in [0, 0.1) is 5.82 Å². The van der Waals surface area contributed by atoms with Crippen molar-refractivity contribution in [2.45, 2.75) is 32.2 Å². The van der Waals surface area contributed by atoms with Crippen molar-refractivity contribution < 1.29 is 23.5 Å². The molecule has 0 saturated heterocycles. The summed E-state index contributed by atoms with van der Waals surface area (Å²) in [7, 11) is 3.20. The lowest BCUT2D eigenvalue weighted by molar-refractivity contribution is -0.132. The summed E-state index contributed by atoms with van der Waals surface area (Å²) in [6, 6.07) is 9.38. The van der Waals surface area contributed by atoms with Crippen molar-refractivity contribution in [1.82, 2.24) is 4.90 Å². The van der Waals surface area contributed by atoms with E-state index in [1.807, 2.05) is 17.0 Å². The van der Waals surface area contributed by atoms with E-state index in [0.717, 1.165) is 17.5 Å². The molecule has 148 valence electrons. The molecule has 3 rings (SSSR count).